The van der Waals surface area contributed by atoms with Crippen molar-refractivity contribution in [2.24, 2.45) is 5.92 Å². The van der Waals surface area contributed by atoms with E-state index in [9.17, 15) is 0 Å². The van der Waals surface area contributed by atoms with Crippen LogP contribution in [0.5, 0.6) is 0 Å². The van der Waals surface area contributed by atoms with Crippen molar-refractivity contribution in [3.05, 3.63) is 10.6 Å². The summed E-state index contributed by atoms with van der Waals surface area (Å²) in [6, 6.07) is 0.590. The number of nitrogens with zero attached hydrogens (tertiary/aromatic N) is 2. The molecule has 1 saturated heterocycles. The lowest BCUT2D eigenvalue weighted by Gasteiger charge is -2.36. The third-order valence-electron chi connectivity index (χ3n) is 4.14. The Morgan fingerprint density at radius 2 is 2.24 bits per heavy atom. The molecule has 1 aliphatic heterocycles. The van der Waals surface area contributed by atoms with E-state index in [-0.39, 0.29) is 0 Å². The van der Waals surface area contributed by atoms with Crippen molar-refractivity contribution in [3.63, 3.8) is 0 Å². The van der Waals surface area contributed by atoms with Crippen LogP contribution in [-0.2, 0) is 17.9 Å². The number of methoxy groups -OCH3 is 1. The quantitative estimate of drug-likeness (QED) is 0.783. The largest absolute Gasteiger partial charge is 0.378 e. The van der Waals surface area contributed by atoms with Crippen LogP contribution < -0.4 is 10.2 Å². The standard InChI is InChI=1S/C16H29N3OS/c1-5-7-17-10-15-14(11-20-4)18-16(21-15)19-8-6-12(2)9-13(19)3/h12-13,17H,5-11H2,1-4H3. The summed E-state index contributed by atoms with van der Waals surface area (Å²) >= 11 is 1.83. The van der Waals surface area contributed by atoms with Crippen LogP contribution in [0, 0.1) is 5.92 Å². The summed E-state index contributed by atoms with van der Waals surface area (Å²) in [5.41, 5.74) is 1.10. The maximum Gasteiger partial charge on any atom is 0.186 e. The molecule has 0 spiro atoms. The molecule has 1 aromatic rings. The van der Waals surface area contributed by atoms with Crippen LogP contribution in [-0.4, -0.2) is 31.2 Å². The van der Waals surface area contributed by atoms with E-state index in [1.807, 2.05) is 11.3 Å². The highest BCUT2D eigenvalue weighted by molar-refractivity contribution is 7.15. The fraction of sp³-hybridized carbons (Fsp3) is 0.812. The van der Waals surface area contributed by atoms with Crippen LogP contribution in [0.1, 0.15) is 50.6 Å². The molecule has 120 valence electrons. The molecular formula is C16H29N3OS. The number of rotatable bonds is 7. The fourth-order valence-corrected chi connectivity index (χ4v) is 4.11. The third-order valence-corrected chi connectivity index (χ3v) is 5.28. The Bertz CT molecular complexity index is 435. The number of piperidine rings is 1. The normalized spacial score (nSPS) is 22.8. The van der Waals surface area contributed by atoms with Crippen molar-refractivity contribution < 1.29 is 4.74 Å². The summed E-state index contributed by atoms with van der Waals surface area (Å²) < 4.78 is 5.32. The SMILES string of the molecule is CCCNCc1sc(N2CCC(C)CC2C)nc1COC. The van der Waals surface area contributed by atoms with Gasteiger partial charge in [-0.2, -0.15) is 0 Å². The van der Waals surface area contributed by atoms with Gasteiger partial charge in [0, 0.05) is 31.1 Å². The number of nitrogens with one attached hydrogen (secondary N) is 1. The lowest BCUT2D eigenvalue weighted by molar-refractivity contribution is 0.181. The lowest BCUT2D eigenvalue weighted by Crippen LogP contribution is -2.40. The highest BCUT2D eigenvalue weighted by Gasteiger charge is 2.26. The first-order valence-corrected chi connectivity index (χ1v) is 8.92. The Balaban J connectivity index is 2.10. The number of thiazole rings is 1. The summed E-state index contributed by atoms with van der Waals surface area (Å²) in [5, 5.41) is 4.66. The molecule has 21 heavy (non-hydrogen) atoms. The summed E-state index contributed by atoms with van der Waals surface area (Å²) in [4.78, 5) is 8.66. The van der Waals surface area contributed by atoms with Gasteiger partial charge in [0.25, 0.3) is 0 Å². The molecule has 2 atom stereocenters. The second-order valence-corrected chi connectivity index (χ2v) is 7.21. The summed E-state index contributed by atoms with van der Waals surface area (Å²) in [6.45, 7) is 10.6. The van der Waals surface area contributed by atoms with Crippen LogP contribution in [0.4, 0.5) is 5.13 Å². The number of hydrogen-bond donors (Lipinski definition) is 1. The Hall–Kier alpha value is -0.650. The molecule has 0 aliphatic carbocycles. The monoisotopic (exact) mass is 311 g/mol. The van der Waals surface area contributed by atoms with Gasteiger partial charge in [0.05, 0.1) is 12.3 Å². The van der Waals surface area contributed by atoms with Crippen molar-refractivity contribution in [2.75, 3.05) is 25.1 Å². The topological polar surface area (TPSA) is 37.4 Å². The predicted molar refractivity (Wildman–Crippen MR) is 90.0 cm³/mol. The summed E-state index contributed by atoms with van der Waals surface area (Å²) in [6.07, 6.45) is 3.70. The second kappa shape index (κ2) is 8.11. The van der Waals surface area contributed by atoms with Gasteiger partial charge < -0.3 is 15.0 Å². The van der Waals surface area contributed by atoms with Gasteiger partial charge in [-0.05, 0) is 38.6 Å². The first-order chi connectivity index (χ1) is 10.2. The zero-order chi connectivity index (χ0) is 15.2. The Kier molecular flexibility index (Phi) is 6.45. The molecule has 2 rings (SSSR count). The van der Waals surface area contributed by atoms with Gasteiger partial charge >= 0.3 is 0 Å². The van der Waals surface area contributed by atoms with Crippen LogP contribution in [0.15, 0.2) is 0 Å². The van der Waals surface area contributed by atoms with Crippen molar-refractivity contribution in [1.29, 1.82) is 0 Å². The van der Waals surface area contributed by atoms with E-state index in [1.54, 1.807) is 7.11 Å². The minimum atomic E-state index is 0.590. The highest BCUT2D eigenvalue weighted by atomic mass is 32.1. The molecule has 0 aromatic carbocycles. The minimum Gasteiger partial charge on any atom is -0.378 e. The van der Waals surface area contributed by atoms with Gasteiger partial charge in [-0.15, -0.1) is 11.3 Å². The second-order valence-electron chi connectivity index (χ2n) is 6.15. The molecule has 2 heterocycles. The molecule has 2 unspecified atom stereocenters. The average Bonchev–Trinajstić information content (AvgIpc) is 2.82. The number of aromatic nitrogens is 1. The smallest absolute Gasteiger partial charge is 0.186 e. The number of ether oxygens (including phenoxy) is 1. The molecule has 4 nitrogen and oxygen atoms in total. The Labute approximate surface area is 132 Å². The van der Waals surface area contributed by atoms with Crippen LogP contribution >= 0.6 is 11.3 Å². The molecule has 0 bridgehead atoms. The van der Waals surface area contributed by atoms with E-state index in [1.165, 1.54) is 22.9 Å². The molecule has 0 radical (unpaired) electrons. The highest BCUT2D eigenvalue weighted by Crippen LogP contribution is 2.33. The van der Waals surface area contributed by atoms with E-state index >= 15 is 0 Å². The Morgan fingerprint density at radius 1 is 1.43 bits per heavy atom. The predicted octanol–water partition coefficient (Wildman–Crippen LogP) is 3.41. The molecule has 5 heteroatoms. The van der Waals surface area contributed by atoms with Gasteiger partial charge in [0.15, 0.2) is 5.13 Å². The minimum absolute atomic E-state index is 0.590. The van der Waals surface area contributed by atoms with Crippen LogP contribution in [0.3, 0.4) is 0 Å². The molecule has 0 amide bonds. The maximum atomic E-state index is 5.32. The van der Waals surface area contributed by atoms with Crippen molar-refractivity contribution in [2.45, 2.75) is 59.2 Å². The molecule has 0 saturated carbocycles. The van der Waals surface area contributed by atoms with Gasteiger partial charge in [-0.3, -0.25) is 0 Å². The number of anilines is 1. The van der Waals surface area contributed by atoms with Gasteiger partial charge in [0.2, 0.25) is 0 Å². The van der Waals surface area contributed by atoms with Gasteiger partial charge in [0.1, 0.15) is 0 Å². The van der Waals surface area contributed by atoms with Crippen molar-refractivity contribution in [3.8, 4) is 0 Å². The van der Waals surface area contributed by atoms with E-state index in [0.29, 0.717) is 12.6 Å². The Morgan fingerprint density at radius 3 is 2.90 bits per heavy atom. The lowest BCUT2D eigenvalue weighted by atomic mass is 9.94. The molecule has 1 fully saturated rings. The van der Waals surface area contributed by atoms with E-state index in [4.69, 9.17) is 9.72 Å². The molecule has 1 aromatic heterocycles. The zero-order valence-corrected chi connectivity index (χ0v) is 14.6. The van der Waals surface area contributed by atoms with Gasteiger partial charge in [-0.1, -0.05) is 13.8 Å². The molecule has 1 N–H and O–H groups in total. The molecule has 1 aliphatic rings. The fourth-order valence-electron chi connectivity index (χ4n) is 2.95. The van der Waals surface area contributed by atoms with E-state index in [2.05, 4.69) is 31.0 Å². The number of hydrogen-bond acceptors (Lipinski definition) is 5. The van der Waals surface area contributed by atoms with E-state index in [0.717, 1.165) is 37.7 Å². The summed E-state index contributed by atoms with van der Waals surface area (Å²) in [5.74, 6) is 0.834. The van der Waals surface area contributed by atoms with Crippen LogP contribution in [0.2, 0.25) is 0 Å². The van der Waals surface area contributed by atoms with Gasteiger partial charge in [-0.25, -0.2) is 4.98 Å². The van der Waals surface area contributed by atoms with Crippen LogP contribution in [0.25, 0.3) is 0 Å². The van der Waals surface area contributed by atoms with E-state index < -0.39 is 0 Å². The van der Waals surface area contributed by atoms with Crippen molar-refractivity contribution >= 4 is 16.5 Å². The zero-order valence-electron chi connectivity index (χ0n) is 13.8. The first-order valence-electron chi connectivity index (χ1n) is 8.10. The maximum absolute atomic E-state index is 5.32. The summed E-state index contributed by atoms with van der Waals surface area (Å²) in [7, 11) is 1.74. The molecular weight excluding hydrogens is 282 g/mol. The van der Waals surface area contributed by atoms with Crippen molar-refractivity contribution in [1.82, 2.24) is 10.3 Å². The first kappa shape index (κ1) is 16.7. The third kappa shape index (κ3) is 4.41. The average molecular weight is 311 g/mol.